The number of nitrogens with one attached hydrogen (secondary N) is 1. The monoisotopic (exact) mass is 416 g/mol. The van der Waals surface area contributed by atoms with Crippen molar-refractivity contribution in [3.05, 3.63) is 63.7 Å². The molecule has 1 amide bonds. The van der Waals surface area contributed by atoms with Gasteiger partial charge in [0.1, 0.15) is 22.2 Å². The van der Waals surface area contributed by atoms with E-state index in [0.717, 1.165) is 29.5 Å². The number of carbonyl (C=O) groups is 1. The van der Waals surface area contributed by atoms with Crippen molar-refractivity contribution in [1.82, 2.24) is 10.3 Å². The Labute approximate surface area is 159 Å². The van der Waals surface area contributed by atoms with Gasteiger partial charge in [0.2, 0.25) is 0 Å². The van der Waals surface area contributed by atoms with Gasteiger partial charge >= 0.3 is 6.18 Å². The van der Waals surface area contributed by atoms with Gasteiger partial charge in [-0.25, -0.2) is 13.8 Å². The van der Waals surface area contributed by atoms with E-state index in [1.54, 1.807) is 6.92 Å². The fourth-order valence-electron chi connectivity index (χ4n) is 2.63. The van der Waals surface area contributed by atoms with Crippen LogP contribution in [-0.4, -0.2) is 22.5 Å². The van der Waals surface area contributed by atoms with Crippen LogP contribution < -0.4 is 5.32 Å². The molecule has 0 bridgehead atoms. The van der Waals surface area contributed by atoms with Crippen LogP contribution in [0.1, 0.15) is 32.6 Å². The van der Waals surface area contributed by atoms with E-state index in [9.17, 15) is 31.9 Å². The predicted molar refractivity (Wildman–Crippen MR) is 93.0 cm³/mol. The van der Waals surface area contributed by atoms with Crippen LogP contribution in [0, 0.1) is 18.6 Å². The summed E-state index contributed by atoms with van der Waals surface area (Å²) in [6.07, 6.45) is -6.02. The zero-order chi connectivity index (χ0) is 20.6. The van der Waals surface area contributed by atoms with Crippen LogP contribution in [0.3, 0.4) is 0 Å². The molecule has 1 unspecified atom stereocenters. The molecule has 0 aliphatic heterocycles. The van der Waals surface area contributed by atoms with Gasteiger partial charge in [0.15, 0.2) is 0 Å². The van der Waals surface area contributed by atoms with Crippen molar-refractivity contribution < 1.29 is 31.9 Å². The van der Waals surface area contributed by atoms with E-state index in [-0.39, 0.29) is 21.8 Å². The lowest BCUT2D eigenvalue weighted by Crippen LogP contribution is -2.28. The predicted octanol–water partition coefficient (Wildman–Crippen LogP) is 4.37. The molecule has 0 fully saturated rings. The number of rotatable bonds is 4. The van der Waals surface area contributed by atoms with Gasteiger partial charge in [-0.2, -0.15) is 13.2 Å². The lowest BCUT2D eigenvalue weighted by atomic mass is 10.1. The SMILES string of the molecule is Cc1c(C(=O)NCC(O)c2ccc(F)cc2F)sc2nc(C(F)(F)F)ccc12. The molecule has 10 heteroatoms. The number of pyridine rings is 1. The number of aliphatic hydroxyl groups excluding tert-OH is 1. The summed E-state index contributed by atoms with van der Waals surface area (Å²) in [7, 11) is 0. The number of aryl methyl sites for hydroxylation is 1. The molecule has 1 atom stereocenters. The summed E-state index contributed by atoms with van der Waals surface area (Å²) >= 11 is 0.786. The van der Waals surface area contributed by atoms with Crippen LogP contribution in [0.2, 0.25) is 0 Å². The summed E-state index contributed by atoms with van der Waals surface area (Å²) < 4.78 is 65.0. The number of benzene rings is 1. The second kappa shape index (κ2) is 7.44. The standard InChI is InChI=1S/C18H13F5N2O2S/c1-8-10-4-5-14(18(21,22)23)25-17(10)28-15(8)16(27)24-7-13(26)11-3-2-9(19)6-12(11)20/h2-6,13,26H,7H2,1H3,(H,24,27). The lowest BCUT2D eigenvalue weighted by Gasteiger charge is -2.13. The number of thiophene rings is 1. The molecule has 0 aliphatic rings. The largest absolute Gasteiger partial charge is 0.433 e. The van der Waals surface area contributed by atoms with E-state index in [4.69, 9.17) is 0 Å². The zero-order valence-corrected chi connectivity index (χ0v) is 15.1. The summed E-state index contributed by atoms with van der Waals surface area (Å²) in [5.74, 6) is -2.40. The van der Waals surface area contributed by atoms with E-state index in [1.165, 1.54) is 6.07 Å². The molecule has 148 valence electrons. The maximum absolute atomic E-state index is 13.7. The van der Waals surface area contributed by atoms with Crippen LogP contribution in [0.4, 0.5) is 22.0 Å². The van der Waals surface area contributed by atoms with Crippen molar-refractivity contribution >= 4 is 27.5 Å². The van der Waals surface area contributed by atoms with E-state index in [1.807, 2.05) is 0 Å². The Morgan fingerprint density at radius 3 is 2.61 bits per heavy atom. The molecule has 28 heavy (non-hydrogen) atoms. The number of alkyl halides is 3. The quantitative estimate of drug-likeness (QED) is 0.621. The number of carbonyl (C=O) groups excluding carboxylic acids is 1. The van der Waals surface area contributed by atoms with Gasteiger partial charge in [0.05, 0.1) is 11.0 Å². The topological polar surface area (TPSA) is 62.2 Å². The Morgan fingerprint density at radius 2 is 1.96 bits per heavy atom. The molecule has 0 radical (unpaired) electrons. The van der Waals surface area contributed by atoms with E-state index in [2.05, 4.69) is 10.3 Å². The summed E-state index contributed by atoms with van der Waals surface area (Å²) in [6.45, 7) is 1.20. The highest BCUT2D eigenvalue weighted by Crippen LogP contribution is 2.34. The second-order valence-electron chi connectivity index (χ2n) is 5.99. The highest BCUT2D eigenvalue weighted by molar-refractivity contribution is 7.20. The number of hydrogen-bond acceptors (Lipinski definition) is 4. The third kappa shape index (κ3) is 3.97. The highest BCUT2D eigenvalue weighted by Gasteiger charge is 2.33. The number of amides is 1. The zero-order valence-electron chi connectivity index (χ0n) is 14.3. The number of nitrogens with zero attached hydrogens (tertiary/aromatic N) is 1. The number of halogens is 5. The minimum atomic E-state index is -4.60. The molecular weight excluding hydrogens is 403 g/mol. The minimum absolute atomic E-state index is 0.0580. The molecule has 3 rings (SSSR count). The molecule has 1 aromatic carbocycles. The Hall–Kier alpha value is -2.59. The molecule has 2 heterocycles. The highest BCUT2D eigenvalue weighted by atomic mass is 32.1. The average Bonchev–Trinajstić information content (AvgIpc) is 2.95. The minimum Gasteiger partial charge on any atom is -0.386 e. The van der Waals surface area contributed by atoms with Crippen LogP contribution in [0.15, 0.2) is 30.3 Å². The number of aliphatic hydroxyl groups is 1. The first kappa shape index (κ1) is 20.2. The molecular formula is C18H13F5N2O2S. The number of hydrogen-bond donors (Lipinski definition) is 2. The van der Waals surface area contributed by atoms with Gasteiger partial charge in [-0.05, 0) is 30.7 Å². The maximum Gasteiger partial charge on any atom is 0.433 e. The Balaban J connectivity index is 1.78. The second-order valence-corrected chi connectivity index (χ2v) is 6.99. The van der Waals surface area contributed by atoms with Crippen molar-refractivity contribution in [2.45, 2.75) is 19.2 Å². The van der Waals surface area contributed by atoms with E-state index < -0.39 is 35.5 Å². The first-order chi connectivity index (χ1) is 13.1. The third-order valence-electron chi connectivity index (χ3n) is 4.08. The third-order valence-corrected chi connectivity index (χ3v) is 5.28. The molecule has 2 aromatic heterocycles. The fourth-order valence-corrected chi connectivity index (χ4v) is 3.72. The van der Waals surface area contributed by atoms with Crippen LogP contribution in [-0.2, 0) is 6.18 Å². The number of aromatic nitrogens is 1. The Bertz CT molecular complexity index is 1050. The molecule has 0 aliphatic carbocycles. The van der Waals surface area contributed by atoms with Gasteiger partial charge in [0.25, 0.3) is 5.91 Å². The van der Waals surface area contributed by atoms with Crippen LogP contribution in [0.25, 0.3) is 10.2 Å². The Morgan fingerprint density at radius 1 is 1.25 bits per heavy atom. The first-order valence-corrected chi connectivity index (χ1v) is 8.78. The summed E-state index contributed by atoms with van der Waals surface area (Å²) in [5, 5.41) is 12.8. The van der Waals surface area contributed by atoms with Crippen LogP contribution >= 0.6 is 11.3 Å². The first-order valence-electron chi connectivity index (χ1n) is 7.96. The van der Waals surface area contributed by atoms with Gasteiger partial charge < -0.3 is 10.4 Å². The van der Waals surface area contributed by atoms with Crippen molar-refractivity contribution in [3.63, 3.8) is 0 Å². The average molecular weight is 416 g/mol. The van der Waals surface area contributed by atoms with Gasteiger partial charge in [-0.15, -0.1) is 11.3 Å². The molecule has 0 spiro atoms. The molecule has 4 nitrogen and oxygen atoms in total. The van der Waals surface area contributed by atoms with Crippen molar-refractivity contribution in [2.75, 3.05) is 6.54 Å². The van der Waals surface area contributed by atoms with E-state index in [0.29, 0.717) is 17.0 Å². The summed E-state index contributed by atoms with van der Waals surface area (Å²) in [5.41, 5.74) is -0.803. The van der Waals surface area contributed by atoms with Crippen molar-refractivity contribution in [1.29, 1.82) is 0 Å². The fraction of sp³-hybridized carbons (Fsp3) is 0.222. The molecule has 0 saturated carbocycles. The molecule has 0 saturated heterocycles. The Kier molecular flexibility index (Phi) is 5.35. The number of fused-ring (bicyclic) bond motifs is 1. The van der Waals surface area contributed by atoms with Gasteiger partial charge in [-0.1, -0.05) is 6.07 Å². The normalized spacial score (nSPS) is 13.0. The maximum atomic E-state index is 13.7. The van der Waals surface area contributed by atoms with Crippen LogP contribution in [0.5, 0.6) is 0 Å². The lowest BCUT2D eigenvalue weighted by molar-refractivity contribution is -0.140. The summed E-state index contributed by atoms with van der Waals surface area (Å²) in [4.78, 5) is 16.1. The molecule has 3 aromatic rings. The van der Waals surface area contributed by atoms with Gasteiger partial charge in [0, 0.05) is 23.6 Å². The van der Waals surface area contributed by atoms with Crippen molar-refractivity contribution in [3.8, 4) is 0 Å². The van der Waals surface area contributed by atoms with Crippen molar-refractivity contribution in [2.24, 2.45) is 0 Å². The summed E-state index contributed by atoms with van der Waals surface area (Å²) in [6, 6.07) is 4.74. The van der Waals surface area contributed by atoms with Gasteiger partial charge in [-0.3, -0.25) is 4.79 Å². The molecule has 2 N–H and O–H groups in total. The smallest absolute Gasteiger partial charge is 0.386 e. The van der Waals surface area contributed by atoms with E-state index >= 15 is 0 Å².